The van der Waals surface area contributed by atoms with Crippen molar-refractivity contribution in [1.82, 2.24) is 10.6 Å². The summed E-state index contributed by atoms with van der Waals surface area (Å²) in [5.74, 6) is 0.685. The molecule has 0 radical (unpaired) electrons. The van der Waals surface area contributed by atoms with Gasteiger partial charge in [0.25, 0.3) is 0 Å². The van der Waals surface area contributed by atoms with Gasteiger partial charge in [0.05, 0.1) is 17.5 Å². The zero-order valence-corrected chi connectivity index (χ0v) is 16.5. The summed E-state index contributed by atoms with van der Waals surface area (Å²) in [6.07, 6.45) is 0.0467. The molecule has 0 bridgehead atoms. The first-order valence-corrected chi connectivity index (χ1v) is 9.79. The Morgan fingerprint density at radius 3 is 2.28 bits per heavy atom. The quantitative estimate of drug-likeness (QED) is 0.498. The van der Waals surface area contributed by atoms with E-state index in [1.807, 2.05) is 6.92 Å². The molecule has 0 fully saturated rings. The third kappa shape index (κ3) is 7.41. The van der Waals surface area contributed by atoms with Gasteiger partial charge >= 0.3 is 0 Å². The Morgan fingerprint density at radius 1 is 1.24 bits per heavy atom. The van der Waals surface area contributed by atoms with Gasteiger partial charge in [0.1, 0.15) is 0 Å². The first-order chi connectivity index (χ1) is 11.6. The Balaban J connectivity index is 2.75. The lowest BCUT2D eigenvalue weighted by Crippen LogP contribution is -2.45. The van der Waals surface area contributed by atoms with Gasteiger partial charge in [0.2, 0.25) is 10.0 Å². The molecular weight excluding hydrogens is 340 g/mol. The largest absolute Gasteiger partial charge is 0.379 e. The van der Waals surface area contributed by atoms with Crippen LogP contribution in [0.2, 0.25) is 0 Å². The molecule has 1 rings (SSSR count). The lowest BCUT2D eigenvalue weighted by atomic mass is 9.89. The van der Waals surface area contributed by atoms with Crippen LogP contribution >= 0.6 is 0 Å². The molecule has 8 heteroatoms. The summed E-state index contributed by atoms with van der Waals surface area (Å²) in [7, 11) is -1.97. The number of nitrogens with zero attached hydrogens (tertiary/aromatic N) is 1. The fraction of sp³-hybridized carbons (Fsp3) is 0.588. The number of primary sulfonamides is 1. The number of benzene rings is 1. The molecule has 1 atom stereocenters. The molecule has 25 heavy (non-hydrogen) atoms. The van der Waals surface area contributed by atoms with Crippen LogP contribution in [0.5, 0.6) is 0 Å². The predicted octanol–water partition coefficient (Wildman–Crippen LogP) is 1.45. The summed E-state index contributed by atoms with van der Waals surface area (Å²) in [6.45, 7) is 10.2. The Kier molecular flexibility index (Phi) is 7.85. The van der Waals surface area contributed by atoms with Crippen LogP contribution in [0.25, 0.3) is 0 Å². The highest BCUT2D eigenvalue weighted by Crippen LogP contribution is 2.20. The molecule has 142 valence electrons. The van der Waals surface area contributed by atoms with Gasteiger partial charge in [-0.1, -0.05) is 32.9 Å². The van der Waals surface area contributed by atoms with Crippen LogP contribution in [0.1, 0.15) is 33.3 Å². The van der Waals surface area contributed by atoms with E-state index in [9.17, 15) is 8.42 Å². The molecular formula is C17H30N4O3S. The topological polar surface area (TPSA) is 106 Å². The third-order valence-electron chi connectivity index (χ3n) is 3.72. The van der Waals surface area contributed by atoms with Crippen molar-refractivity contribution in [3.05, 3.63) is 29.8 Å². The van der Waals surface area contributed by atoms with E-state index in [-0.39, 0.29) is 16.4 Å². The van der Waals surface area contributed by atoms with E-state index in [2.05, 4.69) is 36.4 Å². The second kappa shape index (κ2) is 9.17. The van der Waals surface area contributed by atoms with Crippen molar-refractivity contribution < 1.29 is 13.2 Å². The van der Waals surface area contributed by atoms with Crippen molar-refractivity contribution in [2.75, 3.05) is 20.2 Å². The van der Waals surface area contributed by atoms with Gasteiger partial charge in [-0.25, -0.2) is 18.5 Å². The molecule has 1 aromatic carbocycles. The molecule has 0 aliphatic heterocycles. The van der Waals surface area contributed by atoms with Crippen molar-refractivity contribution in [1.29, 1.82) is 0 Å². The molecule has 0 aliphatic rings. The lowest BCUT2D eigenvalue weighted by molar-refractivity contribution is 0.0205. The Bertz CT molecular complexity index is 664. The van der Waals surface area contributed by atoms with Crippen LogP contribution in [0.15, 0.2) is 34.2 Å². The first kappa shape index (κ1) is 21.4. The van der Waals surface area contributed by atoms with Gasteiger partial charge in [0.15, 0.2) is 5.96 Å². The van der Waals surface area contributed by atoms with Crippen LogP contribution < -0.4 is 15.8 Å². The number of hydrogen-bond donors (Lipinski definition) is 3. The summed E-state index contributed by atoms with van der Waals surface area (Å²) in [5.41, 5.74) is 0.909. The number of guanidine groups is 1. The zero-order chi connectivity index (χ0) is 19.1. The van der Waals surface area contributed by atoms with E-state index < -0.39 is 10.0 Å². The molecule has 0 aliphatic carbocycles. The molecule has 0 aromatic heterocycles. The number of nitrogens with one attached hydrogen (secondary N) is 2. The second-order valence-corrected chi connectivity index (χ2v) is 8.42. The van der Waals surface area contributed by atoms with E-state index in [0.717, 1.165) is 12.1 Å². The van der Waals surface area contributed by atoms with E-state index >= 15 is 0 Å². The number of sulfonamides is 1. The van der Waals surface area contributed by atoms with Gasteiger partial charge < -0.3 is 15.4 Å². The maximum Gasteiger partial charge on any atom is 0.238 e. The average molecular weight is 371 g/mol. The van der Waals surface area contributed by atoms with Gasteiger partial charge in [-0.05, 0) is 30.0 Å². The van der Waals surface area contributed by atoms with Crippen molar-refractivity contribution in [2.45, 2.75) is 45.2 Å². The van der Waals surface area contributed by atoms with Crippen molar-refractivity contribution in [2.24, 2.45) is 15.5 Å². The lowest BCUT2D eigenvalue weighted by Gasteiger charge is -2.30. The van der Waals surface area contributed by atoms with Crippen molar-refractivity contribution >= 4 is 16.0 Å². The smallest absolute Gasteiger partial charge is 0.238 e. The fourth-order valence-corrected chi connectivity index (χ4v) is 2.74. The number of nitrogens with two attached hydrogens (primary N) is 1. The van der Waals surface area contributed by atoms with Crippen molar-refractivity contribution in [3.63, 3.8) is 0 Å². The normalized spacial score (nSPS) is 14.2. The molecule has 0 saturated heterocycles. The standard InChI is InChI=1S/C17H30N4O3S/c1-6-19-16(21-12-15(24-5)17(2,3)4)20-11-13-7-9-14(10-8-13)25(18,22)23/h7-10,15H,6,11-12H2,1-5H3,(H2,18,22,23)(H2,19,20,21). The van der Waals surface area contributed by atoms with Crippen LogP contribution in [-0.2, 0) is 21.3 Å². The Hall–Kier alpha value is -1.64. The summed E-state index contributed by atoms with van der Waals surface area (Å²) in [4.78, 5) is 4.62. The molecule has 1 aromatic rings. The molecule has 0 heterocycles. The maximum atomic E-state index is 11.3. The Labute approximate surface area is 151 Å². The van der Waals surface area contributed by atoms with E-state index in [1.54, 1.807) is 19.2 Å². The van der Waals surface area contributed by atoms with Gasteiger partial charge in [-0.3, -0.25) is 0 Å². The molecule has 0 spiro atoms. The highest BCUT2D eigenvalue weighted by Gasteiger charge is 2.24. The van der Waals surface area contributed by atoms with E-state index in [4.69, 9.17) is 9.88 Å². The molecule has 1 unspecified atom stereocenters. The second-order valence-electron chi connectivity index (χ2n) is 6.86. The van der Waals surface area contributed by atoms with E-state index in [0.29, 0.717) is 19.0 Å². The first-order valence-electron chi connectivity index (χ1n) is 8.24. The molecule has 4 N–H and O–H groups in total. The van der Waals surface area contributed by atoms with Gasteiger partial charge in [-0.15, -0.1) is 0 Å². The van der Waals surface area contributed by atoms with Gasteiger partial charge in [-0.2, -0.15) is 0 Å². The third-order valence-corrected chi connectivity index (χ3v) is 4.65. The van der Waals surface area contributed by atoms with Crippen LogP contribution in [0.3, 0.4) is 0 Å². The van der Waals surface area contributed by atoms with Crippen LogP contribution in [0.4, 0.5) is 0 Å². The number of aliphatic imine (C=N–C) groups is 1. The SMILES string of the molecule is CCNC(=NCc1ccc(S(N)(=O)=O)cc1)NCC(OC)C(C)(C)C. The van der Waals surface area contributed by atoms with Gasteiger partial charge in [0, 0.05) is 20.2 Å². The highest BCUT2D eigenvalue weighted by atomic mass is 32.2. The highest BCUT2D eigenvalue weighted by molar-refractivity contribution is 7.89. The summed E-state index contributed by atoms with van der Waals surface area (Å²) in [5, 5.41) is 11.6. The Morgan fingerprint density at radius 2 is 1.84 bits per heavy atom. The minimum Gasteiger partial charge on any atom is -0.379 e. The summed E-state index contributed by atoms with van der Waals surface area (Å²) >= 11 is 0. The maximum absolute atomic E-state index is 11.3. The number of hydrogen-bond acceptors (Lipinski definition) is 4. The summed E-state index contributed by atoms with van der Waals surface area (Å²) in [6, 6.07) is 6.39. The minimum absolute atomic E-state index is 0.0165. The predicted molar refractivity (Wildman–Crippen MR) is 101 cm³/mol. The molecule has 7 nitrogen and oxygen atoms in total. The van der Waals surface area contributed by atoms with E-state index in [1.165, 1.54) is 12.1 Å². The number of ether oxygens (including phenoxy) is 1. The monoisotopic (exact) mass is 370 g/mol. The summed E-state index contributed by atoms with van der Waals surface area (Å²) < 4.78 is 28.1. The molecule has 0 amide bonds. The number of rotatable bonds is 7. The molecule has 0 saturated carbocycles. The van der Waals surface area contributed by atoms with Crippen LogP contribution in [0, 0.1) is 5.41 Å². The zero-order valence-electron chi connectivity index (χ0n) is 15.7. The minimum atomic E-state index is -3.67. The van der Waals surface area contributed by atoms with Crippen LogP contribution in [-0.4, -0.2) is 40.7 Å². The number of methoxy groups -OCH3 is 1. The van der Waals surface area contributed by atoms with Crippen molar-refractivity contribution in [3.8, 4) is 0 Å². The average Bonchev–Trinajstić information content (AvgIpc) is 2.51. The fourth-order valence-electron chi connectivity index (χ4n) is 2.23.